The molecular formula is C13H18N2. The Labute approximate surface area is 92.0 Å². The highest BCUT2D eigenvalue weighted by Gasteiger charge is 2.17. The van der Waals surface area contributed by atoms with E-state index in [9.17, 15) is 0 Å². The lowest BCUT2D eigenvalue weighted by Gasteiger charge is -2.19. The minimum absolute atomic E-state index is 0.00347. The second-order valence-electron chi connectivity index (χ2n) is 5.18. The van der Waals surface area contributed by atoms with Gasteiger partial charge in [-0.2, -0.15) is 5.26 Å². The van der Waals surface area contributed by atoms with Crippen LogP contribution < -0.4 is 0 Å². The Kier molecular flexibility index (Phi) is 3.14. The predicted octanol–water partition coefficient (Wildman–Crippen LogP) is 3.37. The van der Waals surface area contributed by atoms with Crippen molar-refractivity contribution in [2.75, 3.05) is 0 Å². The SMILES string of the molecule is CC(C)c1cc(C#N)cc(C(C)(C)C)n1. The highest BCUT2D eigenvalue weighted by atomic mass is 14.7. The summed E-state index contributed by atoms with van der Waals surface area (Å²) >= 11 is 0. The van der Waals surface area contributed by atoms with Crippen molar-refractivity contribution < 1.29 is 0 Å². The fourth-order valence-electron chi connectivity index (χ4n) is 1.30. The predicted molar refractivity (Wildman–Crippen MR) is 61.7 cm³/mol. The Morgan fingerprint density at radius 2 is 1.87 bits per heavy atom. The van der Waals surface area contributed by atoms with E-state index < -0.39 is 0 Å². The van der Waals surface area contributed by atoms with Crippen LogP contribution in [0.2, 0.25) is 0 Å². The van der Waals surface area contributed by atoms with E-state index in [2.05, 4.69) is 45.7 Å². The van der Waals surface area contributed by atoms with Crippen molar-refractivity contribution in [3.8, 4) is 6.07 Å². The molecule has 0 spiro atoms. The molecule has 0 aliphatic heterocycles. The van der Waals surface area contributed by atoms with Gasteiger partial charge in [0.25, 0.3) is 0 Å². The van der Waals surface area contributed by atoms with Crippen molar-refractivity contribution >= 4 is 0 Å². The molecule has 0 aliphatic rings. The maximum atomic E-state index is 8.96. The first-order chi connectivity index (χ1) is 6.84. The summed E-state index contributed by atoms with van der Waals surface area (Å²) in [6.07, 6.45) is 0. The Morgan fingerprint density at radius 3 is 2.27 bits per heavy atom. The maximum Gasteiger partial charge on any atom is 0.0992 e. The molecule has 15 heavy (non-hydrogen) atoms. The molecule has 0 saturated carbocycles. The summed E-state index contributed by atoms with van der Waals surface area (Å²) in [5, 5.41) is 8.96. The van der Waals surface area contributed by atoms with E-state index in [1.165, 1.54) is 0 Å². The topological polar surface area (TPSA) is 36.7 Å². The first-order valence-corrected chi connectivity index (χ1v) is 5.27. The van der Waals surface area contributed by atoms with Crippen molar-refractivity contribution in [3.63, 3.8) is 0 Å². The van der Waals surface area contributed by atoms with Crippen molar-refractivity contribution in [1.29, 1.82) is 5.26 Å². The molecule has 0 N–H and O–H groups in total. The second kappa shape index (κ2) is 4.02. The molecule has 2 heteroatoms. The van der Waals surface area contributed by atoms with Crippen LogP contribution in [0.3, 0.4) is 0 Å². The summed E-state index contributed by atoms with van der Waals surface area (Å²) < 4.78 is 0. The van der Waals surface area contributed by atoms with Crippen molar-refractivity contribution in [3.05, 3.63) is 29.1 Å². The number of nitrogens with zero attached hydrogens (tertiary/aromatic N) is 2. The lowest BCUT2D eigenvalue weighted by molar-refractivity contribution is 0.562. The second-order valence-corrected chi connectivity index (χ2v) is 5.18. The van der Waals surface area contributed by atoms with E-state index in [1.807, 2.05) is 12.1 Å². The van der Waals surface area contributed by atoms with E-state index >= 15 is 0 Å². The average molecular weight is 202 g/mol. The summed E-state index contributed by atoms with van der Waals surface area (Å²) in [6.45, 7) is 10.5. The van der Waals surface area contributed by atoms with Gasteiger partial charge in [0.05, 0.1) is 11.6 Å². The molecule has 0 saturated heterocycles. The zero-order valence-electron chi connectivity index (χ0n) is 10.1. The van der Waals surface area contributed by atoms with E-state index in [0.717, 1.165) is 11.4 Å². The summed E-state index contributed by atoms with van der Waals surface area (Å²) in [7, 11) is 0. The summed E-state index contributed by atoms with van der Waals surface area (Å²) in [4.78, 5) is 4.60. The van der Waals surface area contributed by atoms with Gasteiger partial charge in [0.15, 0.2) is 0 Å². The number of nitriles is 1. The van der Waals surface area contributed by atoms with Gasteiger partial charge in [-0.15, -0.1) is 0 Å². The van der Waals surface area contributed by atoms with Crippen LogP contribution >= 0.6 is 0 Å². The third kappa shape index (κ3) is 2.79. The minimum atomic E-state index is -0.00347. The van der Waals surface area contributed by atoms with Gasteiger partial charge in [-0.05, 0) is 18.1 Å². The lowest BCUT2D eigenvalue weighted by Crippen LogP contribution is -2.15. The molecule has 1 rings (SSSR count). The molecule has 0 unspecified atom stereocenters. The van der Waals surface area contributed by atoms with Gasteiger partial charge in [0, 0.05) is 16.8 Å². The van der Waals surface area contributed by atoms with Gasteiger partial charge in [0.2, 0.25) is 0 Å². The molecule has 0 radical (unpaired) electrons. The van der Waals surface area contributed by atoms with Gasteiger partial charge in [0.1, 0.15) is 0 Å². The highest BCUT2D eigenvalue weighted by Crippen LogP contribution is 2.23. The maximum absolute atomic E-state index is 8.96. The summed E-state index contributed by atoms with van der Waals surface area (Å²) in [6, 6.07) is 5.95. The zero-order valence-corrected chi connectivity index (χ0v) is 10.1. The molecular weight excluding hydrogens is 184 g/mol. The van der Waals surface area contributed by atoms with Gasteiger partial charge in [-0.25, -0.2) is 0 Å². The molecule has 0 amide bonds. The third-order valence-electron chi connectivity index (χ3n) is 2.33. The van der Waals surface area contributed by atoms with Gasteiger partial charge in [-0.3, -0.25) is 4.98 Å². The van der Waals surface area contributed by atoms with Crippen LogP contribution in [0.25, 0.3) is 0 Å². The van der Waals surface area contributed by atoms with Crippen LogP contribution in [0.5, 0.6) is 0 Å². The van der Waals surface area contributed by atoms with Crippen LogP contribution in [0.1, 0.15) is 57.5 Å². The molecule has 1 heterocycles. The Hall–Kier alpha value is -1.36. The lowest BCUT2D eigenvalue weighted by atomic mass is 9.90. The van der Waals surface area contributed by atoms with E-state index in [1.54, 1.807) is 0 Å². The first kappa shape index (κ1) is 11.7. The monoisotopic (exact) mass is 202 g/mol. The zero-order chi connectivity index (χ0) is 11.6. The van der Waals surface area contributed by atoms with Crippen molar-refractivity contribution in [1.82, 2.24) is 4.98 Å². The molecule has 0 fully saturated rings. The molecule has 0 bridgehead atoms. The number of aromatic nitrogens is 1. The van der Waals surface area contributed by atoms with E-state index in [0.29, 0.717) is 11.5 Å². The van der Waals surface area contributed by atoms with Crippen LogP contribution in [-0.2, 0) is 5.41 Å². The van der Waals surface area contributed by atoms with Crippen LogP contribution in [0.4, 0.5) is 0 Å². The van der Waals surface area contributed by atoms with Crippen LogP contribution in [0.15, 0.2) is 12.1 Å². The Bertz CT molecular complexity index is 392. The molecule has 0 atom stereocenters. The number of hydrogen-bond acceptors (Lipinski definition) is 2. The number of hydrogen-bond donors (Lipinski definition) is 0. The molecule has 1 aromatic heterocycles. The summed E-state index contributed by atoms with van der Waals surface area (Å²) in [5.74, 6) is 0.361. The summed E-state index contributed by atoms with van der Waals surface area (Å²) in [5.41, 5.74) is 2.69. The smallest absolute Gasteiger partial charge is 0.0992 e. The number of pyridine rings is 1. The van der Waals surface area contributed by atoms with Crippen LogP contribution in [-0.4, -0.2) is 4.98 Å². The standard InChI is InChI=1S/C13H18N2/c1-9(2)11-6-10(8-14)7-12(15-11)13(3,4)5/h6-7,9H,1-5H3. The van der Waals surface area contributed by atoms with E-state index in [4.69, 9.17) is 5.26 Å². The largest absolute Gasteiger partial charge is 0.257 e. The van der Waals surface area contributed by atoms with Crippen LogP contribution in [0, 0.1) is 11.3 Å². The Morgan fingerprint density at radius 1 is 1.27 bits per heavy atom. The fourth-order valence-corrected chi connectivity index (χ4v) is 1.30. The molecule has 0 aromatic carbocycles. The van der Waals surface area contributed by atoms with Crippen molar-refractivity contribution in [2.45, 2.75) is 46.0 Å². The van der Waals surface area contributed by atoms with E-state index in [-0.39, 0.29) is 5.41 Å². The van der Waals surface area contributed by atoms with Crippen molar-refractivity contribution in [2.24, 2.45) is 0 Å². The van der Waals surface area contributed by atoms with Gasteiger partial charge < -0.3 is 0 Å². The normalized spacial score (nSPS) is 11.5. The molecule has 0 aliphatic carbocycles. The van der Waals surface area contributed by atoms with Gasteiger partial charge >= 0.3 is 0 Å². The fraction of sp³-hybridized carbons (Fsp3) is 0.538. The third-order valence-corrected chi connectivity index (χ3v) is 2.33. The quantitative estimate of drug-likeness (QED) is 0.700. The molecule has 2 nitrogen and oxygen atoms in total. The number of rotatable bonds is 1. The van der Waals surface area contributed by atoms with Gasteiger partial charge in [-0.1, -0.05) is 34.6 Å². The Balaban J connectivity index is 3.32. The average Bonchev–Trinajstić information content (AvgIpc) is 2.15. The first-order valence-electron chi connectivity index (χ1n) is 5.27. The molecule has 80 valence electrons. The molecule has 1 aromatic rings. The highest BCUT2D eigenvalue weighted by molar-refractivity contribution is 5.35. The minimum Gasteiger partial charge on any atom is -0.257 e.